The lowest BCUT2D eigenvalue weighted by atomic mass is 10.2. The fourth-order valence-corrected chi connectivity index (χ4v) is 4.17. The van der Waals surface area contributed by atoms with Gasteiger partial charge in [-0.05, 0) is 29.3 Å². The van der Waals surface area contributed by atoms with Crippen molar-refractivity contribution in [3.05, 3.63) is 65.6 Å². The van der Waals surface area contributed by atoms with E-state index in [1.165, 1.54) is 10.2 Å². The average molecular weight is 377 g/mol. The van der Waals surface area contributed by atoms with E-state index in [1.807, 2.05) is 31.4 Å². The maximum Gasteiger partial charge on any atom is 0.214 e. The van der Waals surface area contributed by atoms with Crippen LogP contribution in [-0.2, 0) is 13.6 Å². The predicted octanol–water partition coefficient (Wildman–Crippen LogP) is 4.94. The number of hydrogen-bond acceptors (Lipinski definition) is 3. The summed E-state index contributed by atoms with van der Waals surface area (Å²) in [5.74, 6) is 0.525. The van der Waals surface area contributed by atoms with E-state index in [0.717, 1.165) is 27.9 Å². The summed E-state index contributed by atoms with van der Waals surface area (Å²) < 4.78 is 5.52. The molecule has 4 aromatic rings. The second-order valence-corrected chi connectivity index (χ2v) is 7.98. The summed E-state index contributed by atoms with van der Waals surface area (Å²) in [6.07, 6.45) is 2.00. The van der Waals surface area contributed by atoms with E-state index < -0.39 is 0 Å². The molecule has 0 fully saturated rings. The number of fused-ring (bicyclic) bond motifs is 2. The third-order valence-electron chi connectivity index (χ3n) is 4.43. The zero-order valence-electron chi connectivity index (χ0n) is 15.7. The van der Waals surface area contributed by atoms with Gasteiger partial charge in [0.05, 0.1) is 15.6 Å². The summed E-state index contributed by atoms with van der Waals surface area (Å²) in [4.78, 5) is 0.874. The summed E-state index contributed by atoms with van der Waals surface area (Å²) in [7, 11) is 2.03. The van der Waals surface area contributed by atoms with Gasteiger partial charge in [-0.1, -0.05) is 49.4 Å². The second-order valence-electron chi connectivity index (χ2n) is 6.98. The lowest BCUT2D eigenvalue weighted by Gasteiger charge is -2.07. The highest BCUT2D eigenvalue weighted by Crippen LogP contribution is 2.23. The molecule has 0 saturated heterocycles. The number of pyridine rings is 1. The molecule has 0 saturated carbocycles. The monoisotopic (exact) mass is 376 g/mol. The van der Waals surface area contributed by atoms with Gasteiger partial charge in [-0.25, -0.2) is 4.57 Å². The molecule has 0 bridgehead atoms. The normalized spacial score (nSPS) is 12.8. The highest BCUT2D eigenvalue weighted by atomic mass is 32.1. The molecule has 136 valence electrons. The third kappa shape index (κ3) is 3.53. The molecular weight excluding hydrogens is 354 g/mol. The molecule has 2 heterocycles. The molecule has 6 heteroatoms. The van der Waals surface area contributed by atoms with Gasteiger partial charge in [0.15, 0.2) is 6.20 Å². The Hall–Kier alpha value is -2.86. The van der Waals surface area contributed by atoms with Gasteiger partial charge >= 0.3 is 0 Å². The SMILES string of the molecule is CC(C)Cn1/c(=N/N=Nc2cc[n+](C)c3ccccc23)sc2ccccc21. The zero-order chi connectivity index (χ0) is 18.8. The van der Waals surface area contributed by atoms with Crippen molar-refractivity contribution in [3.63, 3.8) is 0 Å². The number of thiazole rings is 1. The van der Waals surface area contributed by atoms with E-state index in [1.54, 1.807) is 11.3 Å². The predicted molar refractivity (Wildman–Crippen MR) is 110 cm³/mol. The van der Waals surface area contributed by atoms with Crippen LogP contribution in [0.25, 0.3) is 21.1 Å². The van der Waals surface area contributed by atoms with Crippen molar-refractivity contribution in [2.24, 2.45) is 28.4 Å². The van der Waals surface area contributed by atoms with Crippen molar-refractivity contribution in [3.8, 4) is 0 Å². The van der Waals surface area contributed by atoms with Crippen LogP contribution in [0.15, 0.2) is 76.2 Å². The minimum Gasteiger partial charge on any atom is -0.315 e. The molecule has 0 amide bonds. The van der Waals surface area contributed by atoms with Crippen molar-refractivity contribution >= 4 is 38.1 Å². The maximum atomic E-state index is 4.45. The van der Waals surface area contributed by atoms with Crippen molar-refractivity contribution in [1.82, 2.24) is 4.57 Å². The molecule has 0 atom stereocenters. The van der Waals surface area contributed by atoms with E-state index >= 15 is 0 Å². The van der Waals surface area contributed by atoms with Crippen LogP contribution < -0.4 is 9.37 Å². The molecule has 0 radical (unpaired) electrons. The Morgan fingerprint density at radius 2 is 1.81 bits per heavy atom. The van der Waals surface area contributed by atoms with Gasteiger partial charge < -0.3 is 4.57 Å². The Morgan fingerprint density at radius 3 is 2.67 bits per heavy atom. The average Bonchev–Trinajstić information content (AvgIpc) is 3.01. The Bertz CT molecular complexity index is 1200. The second kappa shape index (κ2) is 7.40. The highest BCUT2D eigenvalue weighted by Gasteiger charge is 2.09. The van der Waals surface area contributed by atoms with Gasteiger partial charge in [0.1, 0.15) is 12.7 Å². The van der Waals surface area contributed by atoms with Crippen molar-refractivity contribution in [2.75, 3.05) is 0 Å². The van der Waals surface area contributed by atoms with E-state index in [4.69, 9.17) is 0 Å². The van der Waals surface area contributed by atoms with Crippen molar-refractivity contribution in [1.29, 1.82) is 0 Å². The number of rotatable bonds is 4. The summed E-state index contributed by atoms with van der Waals surface area (Å²) in [6.45, 7) is 5.32. The van der Waals surface area contributed by atoms with Crippen LogP contribution in [0.4, 0.5) is 5.69 Å². The molecule has 0 spiro atoms. The molecule has 0 N–H and O–H groups in total. The zero-order valence-corrected chi connectivity index (χ0v) is 16.5. The van der Waals surface area contributed by atoms with Crippen LogP contribution in [0.1, 0.15) is 13.8 Å². The molecule has 27 heavy (non-hydrogen) atoms. The number of aromatic nitrogens is 2. The molecule has 0 aliphatic carbocycles. The third-order valence-corrected chi connectivity index (χ3v) is 5.48. The topological polar surface area (TPSA) is 45.9 Å². The fraction of sp³-hybridized carbons (Fsp3) is 0.238. The Morgan fingerprint density at radius 1 is 1.04 bits per heavy atom. The van der Waals surface area contributed by atoms with Gasteiger partial charge in [0.2, 0.25) is 10.3 Å². The maximum absolute atomic E-state index is 4.45. The molecule has 2 aromatic carbocycles. The lowest BCUT2D eigenvalue weighted by molar-refractivity contribution is -0.644. The van der Waals surface area contributed by atoms with Crippen LogP contribution in [0.2, 0.25) is 0 Å². The van der Waals surface area contributed by atoms with E-state index in [2.05, 4.69) is 74.8 Å². The van der Waals surface area contributed by atoms with Gasteiger partial charge in [0, 0.05) is 18.7 Å². The van der Waals surface area contributed by atoms with Gasteiger partial charge in [-0.15, -0.1) is 10.2 Å². The summed E-state index contributed by atoms with van der Waals surface area (Å²) in [5.41, 5.74) is 3.14. The first-order valence-electron chi connectivity index (χ1n) is 9.04. The van der Waals surface area contributed by atoms with Gasteiger partial charge in [0.25, 0.3) is 0 Å². The smallest absolute Gasteiger partial charge is 0.214 e. The lowest BCUT2D eigenvalue weighted by Crippen LogP contribution is -2.27. The largest absolute Gasteiger partial charge is 0.315 e. The molecule has 0 unspecified atom stereocenters. The first-order valence-corrected chi connectivity index (χ1v) is 9.85. The number of aryl methyl sites for hydroxylation is 1. The van der Waals surface area contributed by atoms with Gasteiger partial charge in [-0.3, -0.25) is 0 Å². The van der Waals surface area contributed by atoms with Crippen LogP contribution in [0.3, 0.4) is 0 Å². The van der Waals surface area contributed by atoms with E-state index in [0.29, 0.717) is 5.92 Å². The van der Waals surface area contributed by atoms with Crippen LogP contribution in [0, 0.1) is 5.92 Å². The molecule has 0 aliphatic heterocycles. The van der Waals surface area contributed by atoms with Crippen LogP contribution in [0.5, 0.6) is 0 Å². The van der Waals surface area contributed by atoms with Crippen LogP contribution in [-0.4, -0.2) is 4.57 Å². The summed E-state index contributed by atoms with van der Waals surface area (Å²) >= 11 is 1.65. The van der Waals surface area contributed by atoms with E-state index in [9.17, 15) is 0 Å². The molecular formula is C21H22N5S+. The number of para-hydroxylation sites is 2. The first-order chi connectivity index (χ1) is 13.1. The Kier molecular flexibility index (Phi) is 4.81. The molecule has 5 nitrogen and oxygen atoms in total. The standard InChI is InChI=1S/C21H22N5S/c1-15(2)14-26-19-10-6-7-11-20(19)27-21(26)23-24-22-17-12-13-25(3)18-9-5-4-8-16(17)18/h4-13,15H,14H2,1-3H3/q+1. The summed E-state index contributed by atoms with van der Waals surface area (Å²) in [6, 6.07) is 18.5. The Labute approximate surface area is 161 Å². The van der Waals surface area contributed by atoms with Crippen molar-refractivity contribution in [2.45, 2.75) is 20.4 Å². The van der Waals surface area contributed by atoms with E-state index in [-0.39, 0.29) is 0 Å². The Balaban J connectivity index is 1.78. The number of hydrogen-bond donors (Lipinski definition) is 0. The highest BCUT2D eigenvalue weighted by molar-refractivity contribution is 7.16. The molecule has 4 rings (SSSR count). The quantitative estimate of drug-likeness (QED) is 0.275. The molecule has 2 aromatic heterocycles. The van der Waals surface area contributed by atoms with Crippen molar-refractivity contribution < 1.29 is 4.57 Å². The fourth-order valence-electron chi connectivity index (χ4n) is 3.19. The number of nitrogens with zero attached hydrogens (tertiary/aromatic N) is 5. The first kappa shape index (κ1) is 17.5. The van der Waals surface area contributed by atoms with Gasteiger partial charge in [-0.2, -0.15) is 0 Å². The summed E-state index contributed by atoms with van der Waals surface area (Å²) in [5, 5.41) is 14.1. The molecule has 0 aliphatic rings. The minimum absolute atomic E-state index is 0.525. The van der Waals surface area contributed by atoms with Crippen LogP contribution >= 0.6 is 11.3 Å². The minimum atomic E-state index is 0.525. The number of benzene rings is 2.